The Labute approximate surface area is 254 Å². The number of aromatic nitrogens is 3. The quantitative estimate of drug-likeness (QED) is 0.210. The van der Waals surface area contributed by atoms with Gasteiger partial charge in [-0.2, -0.15) is 0 Å². The van der Waals surface area contributed by atoms with Crippen molar-refractivity contribution >= 4 is 43.7 Å². The van der Waals surface area contributed by atoms with Crippen LogP contribution in [0, 0.1) is 0 Å². The highest BCUT2D eigenvalue weighted by Crippen LogP contribution is 2.41. The minimum atomic E-state index is 0.970. The van der Waals surface area contributed by atoms with E-state index in [0.717, 1.165) is 27.9 Å². The summed E-state index contributed by atoms with van der Waals surface area (Å²) in [7, 11) is 0. The van der Waals surface area contributed by atoms with Crippen LogP contribution < -0.4 is 0 Å². The van der Waals surface area contributed by atoms with Crippen LogP contribution in [0.1, 0.15) is 0 Å². The van der Waals surface area contributed by atoms with E-state index in [1.807, 2.05) is 12.3 Å². The number of hydrogen-bond acceptors (Lipinski definition) is 1. The van der Waals surface area contributed by atoms with E-state index in [9.17, 15) is 0 Å². The molecule has 0 atom stereocenters. The molecule has 3 nitrogen and oxygen atoms in total. The van der Waals surface area contributed by atoms with Gasteiger partial charge in [0.15, 0.2) is 0 Å². The lowest BCUT2D eigenvalue weighted by Gasteiger charge is -2.11. The number of pyridine rings is 1. The minimum absolute atomic E-state index is 0.970. The fourth-order valence-electron chi connectivity index (χ4n) is 6.85. The predicted octanol–water partition coefficient (Wildman–Crippen LogP) is 10.6. The molecular weight excluding hydrogens is 534 g/mol. The third-order valence-corrected chi connectivity index (χ3v) is 8.76. The summed E-state index contributed by atoms with van der Waals surface area (Å²) in [6.07, 6.45) is 1.88. The van der Waals surface area contributed by atoms with Crippen LogP contribution in [0.4, 0.5) is 0 Å². The van der Waals surface area contributed by atoms with Crippen LogP contribution in [0.2, 0.25) is 0 Å². The Bertz CT molecular complexity index is 2430. The van der Waals surface area contributed by atoms with Crippen molar-refractivity contribution in [3.05, 3.63) is 164 Å². The second-order valence-electron chi connectivity index (χ2n) is 11.2. The molecule has 3 heterocycles. The van der Waals surface area contributed by atoms with Gasteiger partial charge < -0.3 is 4.57 Å². The second kappa shape index (κ2) is 9.82. The molecule has 3 aromatic heterocycles. The first kappa shape index (κ1) is 24.6. The Morgan fingerprint density at radius 3 is 1.95 bits per heavy atom. The molecule has 44 heavy (non-hydrogen) atoms. The van der Waals surface area contributed by atoms with E-state index in [-0.39, 0.29) is 0 Å². The Hall–Kier alpha value is -5.93. The Balaban J connectivity index is 1.33. The summed E-state index contributed by atoms with van der Waals surface area (Å²) < 4.78 is 4.68. The van der Waals surface area contributed by atoms with Crippen LogP contribution in [-0.4, -0.2) is 14.1 Å². The summed E-state index contributed by atoms with van der Waals surface area (Å²) in [5, 5.41) is 4.86. The Kier molecular flexibility index (Phi) is 5.50. The van der Waals surface area contributed by atoms with Crippen molar-refractivity contribution in [3.8, 4) is 33.6 Å². The van der Waals surface area contributed by atoms with Crippen molar-refractivity contribution in [2.45, 2.75) is 0 Å². The molecule has 0 unspecified atom stereocenters. The van der Waals surface area contributed by atoms with Crippen LogP contribution in [0.3, 0.4) is 0 Å². The normalized spacial score (nSPS) is 11.6. The molecule has 206 valence electrons. The van der Waals surface area contributed by atoms with Gasteiger partial charge in [0.05, 0.1) is 16.6 Å². The van der Waals surface area contributed by atoms with Gasteiger partial charge >= 0.3 is 0 Å². The van der Waals surface area contributed by atoms with E-state index in [1.165, 1.54) is 49.4 Å². The molecule has 0 aliphatic heterocycles. The lowest BCUT2D eigenvalue weighted by Crippen LogP contribution is -1.96. The van der Waals surface area contributed by atoms with Gasteiger partial charge in [0.1, 0.15) is 5.65 Å². The van der Waals surface area contributed by atoms with E-state index >= 15 is 0 Å². The van der Waals surface area contributed by atoms with Crippen LogP contribution in [-0.2, 0) is 0 Å². The van der Waals surface area contributed by atoms with Gasteiger partial charge in [-0.3, -0.25) is 4.57 Å². The first-order valence-corrected chi connectivity index (χ1v) is 15.0. The van der Waals surface area contributed by atoms with E-state index in [0.29, 0.717) is 0 Å². The zero-order chi connectivity index (χ0) is 29.0. The molecule has 0 spiro atoms. The van der Waals surface area contributed by atoms with E-state index < -0.39 is 0 Å². The molecular formula is C41H27N3. The molecule has 0 aliphatic rings. The van der Waals surface area contributed by atoms with Gasteiger partial charge in [-0.15, -0.1) is 0 Å². The third kappa shape index (κ3) is 3.73. The van der Waals surface area contributed by atoms with Crippen LogP contribution in [0.5, 0.6) is 0 Å². The first-order valence-electron chi connectivity index (χ1n) is 15.0. The zero-order valence-electron chi connectivity index (χ0n) is 23.9. The van der Waals surface area contributed by atoms with Crippen molar-refractivity contribution in [3.63, 3.8) is 0 Å². The van der Waals surface area contributed by atoms with Crippen LogP contribution in [0.25, 0.3) is 77.4 Å². The molecule has 0 aliphatic carbocycles. The number of hydrogen-bond donors (Lipinski definition) is 0. The third-order valence-electron chi connectivity index (χ3n) is 8.76. The minimum Gasteiger partial charge on any atom is -0.309 e. The van der Waals surface area contributed by atoms with Crippen molar-refractivity contribution in [1.29, 1.82) is 0 Å². The zero-order valence-corrected chi connectivity index (χ0v) is 23.9. The van der Waals surface area contributed by atoms with E-state index in [2.05, 4.69) is 161 Å². The average Bonchev–Trinajstić information content (AvgIpc) is 3.62. The van der Waals surface area contributed by atoms with Crippen LogP contribution >= 0.6 is 0 Å². The summed E-state index contributed by atoms with van der Waals surface area (Å²) in [6.45, 7) is 0. The second-order valence-corrected chi connectivity index (χ2v) is 11.2. The molecule has 9 aromatic rings. The molecule has 0 amide bonds. The molecule has 0 saturated carbocycles. The van der Waals surface area contributed by atoms with Crippen LogP contribution in [0.15, 0.2) is 164 Å². The monoisotopic (exact) mass is 561 g/mol. The molecule has 0 bridgehead atoms. The maximum absolute atomic E-state index is 4.82. The average molecular weight is 562 g/mol. The van der Waals surface area contributed by atoms with Gasteiger partial charge in [0.2, 0.25) is 0 Å². The summed E-state index contributed by atoms with van der Waals surface area (Å²) in [5.74, 6) is 0. The predicted molar refractivity (Wildman–Crippen MR) is 184 cm³/mol. The number of rotatable bonds is 4. The number of benzene rings is 6. The molecule has 3 heteroatoms. The van der Waals surface area contributed by atoms with E-state index in [1.54, 1.807) is 0 Å². The lowest BCUT2D eigenvalue weighted by atomic mass is 9.97. The van der Waals surface area contributed by atoms with Gasteiger partial charge in [-0.05, 0) is 82.9 Å². The van der Waals surface area contributed by atoms with Crippen molar-refractivity contribution in [2.75, 3.05) is 0 Å². The standard InChI is InChI=1S/C41H27N3/c1-3-12-28(13-4-1)29-23-24-38-36(27-29)40-33(19-10-22-39(40)43(38)31-15-5-2-6-16-31)30-14-9-17-32(26-30)44-37-21-8-7-18-34(37)35-20-11-25-42-41(35)44/h1-27H. The van der Waals surface area contributed by atoms with Crippen molar-refractivity contribution in [2.24, 2.45) is 0 Å². The molecule has 6 aromatic carbocycles. The molecule has 0 N–H and O–H groups in total. The fraction of sp³-hybridized carbons (Fsp3) is 0. The molecule has 0 fully saturated rings. The van der Waals surface area contributed by atoms with Gasteiger partial charge in [0.25, 0.3) is 0 Å². The Morgan fingerprint density at radius 2 is 1.07 bits per heavy atom. The smallest absolute Gasteiger partial charge is 0.145 e. The fourth-order valence-corrected chi connectivity index (χ4v) is 6.85. The first-order chi connectivity index (χ1) is 21.8. The van der Waals surface area contributed by atoms with Gasteiger partial charge in [0, 0.05) is 39.1 Å². The summed E-state index contributed by atoms with van der Waals surface area (Å²) in [5.41, 5.74) is 11.6. The highest BCUT2D eigenvalue weighted by Gasteiger charge is 2.18. The molecule has 0 saturated heterocycles. The number of nitrogens with zero attached hydrogens (tertiary/aromatic N) is 3. The number of fused-ring (bicyclic) bond motifs is 6. The van der Waals surface area contributed by atoms with Crippen molar-refractivity contribution < 1.29 is 0 Å². The van der Waals surface area contributed by atoms with Gasteiger partial charge in [-0.25, -0.2) is 4.98 Å². The maximum Gasteiger partial charge on any atom is 0.145 e. The number of para-hydroxylation sites is 2. The highest BCUT2D eigenvalue weighted by atomic mass is 15.0. The largest absolute Gasteiger partial charge is 0.309 e. The van der Waals surface area contributed by atoms with E-state index in [4.69, 9.17) is 4.98 Å². The topological polar surface area (TPSA) is 22.8 Å². The summed E-state index contributed by atoms with van der Waals surface area (Å²) >= 11 is 0. The SMILES string of the molecule is c1ccc(-c2ccc3c(c2)c2c(-c4cccc(-n5c6ccccc6c6cccnc65)c4)cccc2n3-c2ccccc2)cc1. The summed E-state index contributed by atoms with van der Waals surface area (Å²) in [4.78, 5) is 4.82. The molecule has 9 rings (SSSR count). The van der Waals surface area contributed by atoms with Crippen molar-refractivity contribution in [1.82, 2.24) is 14.1 Å². The lowest BCUT2D eigenvalue weighted by molar-refractivity contribution is 1.14. The Morgan fingerprint density at radius 1 is 0.386 bits per heavy atom. The highest BCUT2D eigenvalue weighted by molar-refractivity contribution is 6.16. The maximum atomic E-state index is 4.82. The van der Waals surface area contributed by atoms with Gasteiger partial charge in [-0.1, -0.05) is 97.1 Å². The summed E-state index contributed by atoms with van der Waals surface area (Å²) in [6, 6.07) is 56.5. The molecule has 0 radical (unpaired) electrons.